The molecular formula is C21H32N4O3. The first-order chi connectivity index (χ1) is 13.6. The molecule has 3 amide bonds. The number of nitrogens with one attached hydrogen (secondary N) is 2. The summed E-state index contributed by atoms with van der Waals surface area (Å²) in [6.45, 7) is 5.34. The Morgan fingerprint density at radius 1 is 1.11 bits per heavy atom. The number of piperazine rings is 1. The fourth-order valence-corrected chi connectivity index (χ4v) is 4.31. The van der Waals surface area contributed by atoms with Crippen LogP contribution in [0.25, 0.3) is 0 Å². The number of carbonyl (C=O) groups excluding carboxylic acids is 2. The summed E-state index contributed by atoms with van der Waals surface area (Å²) in [5.74, 6) is 1.34. The molecular weight excluding hydrogens is 356 g/mol. The van der Waals surface area contributed by atoms with E-state index in [4.69, 9.17) is 4.74 Å². The molecule has 1 saturated carbocycles. The quantitative estimate of drug-likeness (QED) is 0.785. The maximum Gasteiger partial charge on any atom is 0.321 e. The van der Waals surface area contributed by atoms with Gasteiger partial charge < -0.3 is 20.3 Å². The van der Waals surface area contributed by atoms with E-state index in [1.165, 1.54) is 12.8 Å². The van der Waals surface area contributed by atoms with Crippen LogP contribution in [0.2, 0.25) is 0 Å². The highest BCUT2D eigenvalue weighted by Gasteiger charge is 2.37. The summed E-state index contributed by atoms with van der Waals surface area (Å²) in [4.78, 5) is 29.4. The van der Waals surface area contributed by atoms with E-state index in [0.29, 0.717) is 25.6 Å². The number of carbonyl (C=O) groups is 2. The van der Waals surface area contributed by atoms with Crippen molar-refractivity contribution in [1.82, 2.24) is 15.1 Å². The third kappa shape index (κ3) is 4.95. The Morgan fingerprint density at radius 3 is 2.32 bits per heavy atom. The number of ether oxygens (including phenoxy) is 1. The highest BCUT2D eigenvalue weighted by Crippen LogP contribution is 2.31. The molecule has 154 valence electrons. The highest BCUT2D eigenvalue weighted by molar-refractivity contribution is 5.89. The van der Waals surface area contributed by atoms with E-state index < -0.39 is 0 Å². The zero-order chi connectivity index (χ0) is 19.9. The van der Waals surface area contributed by atoms with Crippen LogP contribution in [0.5, 0.6) is 5.75 Å². The molecule has 7 heteroatoms. The topological polar surface area (TPSA) is 73.9 Å². The molecule has 0 unspecified atom stereocenters. The van der Waals surface area contributed by atoms with Gasteiger partial charge in [-0.1, -0.05) is 12.8 Å². The van der Waals surface area contributed by atoms with Crippen molar-refractivity contribution in [2.45, 2.75) is 38.6 Å². The molecule has 1 aliphatic heterocycles. The van der Waals surface area contributed by atoms with E-state index in [-0.39, 0.29) is 18.0 Å². The first kappa shape index (κ1) is 20.5. The Morgan fingerprint density at radius 2 is 1.75 bits per heavy atom. The van der Waals surface area contributed by atoms with Gasteiger partial charge in [0.15, 0.2) is 0 Å². The maximum absolute atomic E-state index is 12.7. The molecule has 0 radical (unpaired) electrons. The number of likely N-dealkylation sites (N-methyl/N-ethyl adjacent to an activating group) is 1. The number of benzene rings is 1. The number of hydrogen-bond donors (Lipinski definition) is 2. The summed E-state index contributed by atoms with van der Waals surface area (Å²) < 4.78 is 5.14. The molecule has 3 rings (SSSR count). The standard InChI is InChI=1S/C21H32N4O3/c1-3-22-20(26)19(16-6-4-5-7-16)24-12-14-25(15-13-24)21(27)23-17-8-10-18(28-2)11-9-17/h8-11,16,19H,3-7,12-15H2,1-2H3,(H,22,26)(H,23,27)/t19-/m0/s1. The third-order valence-corrected chi connectivity index (χ3v) is 5.80. The van der Waals surface area contributed by atoms with Gasteiger partial charge in [-0.05, 0) is 49.9 Å². The molecule has 1 aliphatic carbocycles. The zero-order valence-corrected chi connectivity index (χ0v) is 16.9. The van der Waals surface area contributed by atoms with Gasteiger partial charge in [0.1, 0.15) is 5.75 Å². The molecule has 0 bridgehead atoms. The summed E-state index contributed by atoms with van der Waals surface area (Å²) in [5, 5.41) is 5.95. The lowest BCUT2D eigenvalue weighted by atomic mass is 9.95. The van der Waals surface area contributed by atoms with Crippen molar-refractivity contribution in [3.63, 3.8) is 0 Å². The van der Waals surface area contributed by atoms with Crippen LogP contribution in [0.4, 0.5) is 10.5 Å². The molecule has 1 aromatic carbocycles. The van der Waals surface area contributed by atoms with Gasteiger partial charge >= 0.3 is 6.03 Å². The van der Waals surface area contributed by atoms with E-state index in [0.717, 1.165) is 37.4 Å². The molecule has 7 nitrogen and oxygen atoms in total. The van der Waals surface area contributed by atoms with Crippen LogP contribution in [-0.2, 0) is 4.79 Å². The number of anilines is 1. The second kappa shape index (κ2) is 9.78. The molecule has 2 fully saturated rings. The second-order valence-corrected chi connectivity index (χ2v) is 7.57. The maximum atomic E-state index is 12.7. The molecule has 1 heterocycles. The van der Waals surface area contributed by atoms with Crippen molar-refractivity contribution >= 4 is 17.6 Å². The van der Waals surface area contributed by atoms with Gasteiger partial charge in [-0.15, -0.1) is 0 Å². The Labute approximate surface area is 167 Å². The Hall–Kier alpha value is -2.28. The molecule has 28 heavy (non-hydrogen) atoms. The molecule has 0 spiro atoms. The van der Waals surface area contributed by atoms with Gasteiger partial charge in [0, 0.05) is 38.4 Å². The Balaban J connectivity index is 1.55. The lowest BCUT2D eigenvalue weighted by Crippen LogP contribution is -2.58. The zero-order valence-electron chi connectivity index (χ0n) is 16.9. The molecule has 2 N–H and O–H groups in total. The van der Waals surface area contributed by atoms with Gasteiger partial charge in [-0.25, -0.2) is 4.79 Å². The largest absolute Gasteiger partial charge is 0.497 e. The smallest absolute Gasteiger partial charge is 0.321 e. The summed E-state index contributed by atoms with van der Waals surface area (Å²) in [5.41, 5.74) is 0.749. The van der Waals surface area contributed by atoms with E-state index >= 15 is 0 Å². The lowest BCUT2D eigenvalue weighted by molar-refractivity contribution is -0.129. The molecule has 1 aromatic rings. The van der Waals surface area contributed by atoms with Gasteiger partial charge in [-0.3, -0.25) is 9.69 Å². The first-order valence-corrected chi connectivity index (χ1v) is 10.3. The van der Waals surface area contributed by atoms with Gasteiger partial charge in [0.05, 0.1) is 13.2 Å². The predicted molar refractivity (Wildman–Crippen MR) is 110 cm³/mol. The van der Waals surface area contributed by atoms with E-state index in [2.05, 4.69) is 15.5 Å². The molecule has 1 atom stereocenters. The fraction of sp³-hybridized carbons (Fsp3) is 0.619. The van der Waals surface area contributed by atoms with Crippen LogP contribution < -0.4 is 15.4 Å². The minimum Gasteiger partial charge on any atom is -0.497 e. The third-order valence-electron chi connectivity index (χ3n) is 5.80. The molecule has 0 aromatic heterocycles. The summed E-state index contributed by atoms with van der Waals surface area (Å²) in [6, 6.07) is 7.16. The van der Waals surface area contributed by atoms with Crippen LogP contribution in [0, 0.1) is 5.92 Å². The summed E-state index contributed by atoms with van der Waals surface area (Å²) in [7, 11) is 1.62. The van der Waals surface area contributed by atoms with Gasteiger partial charge in [0.25, 0.3) is 0 Å². The average molecular weight is 389 g/mol. The van der Waals surface area contributed by atoms with Crippen molar-refractivity contribution in [3.8, 4) is 5.75 Å². The summed E-state index contributed by atoms with van der Waals surface area (Å²) in [6.07, 6.45) is 4.68. The number of nitrogens with zero attached hydrogens (tertiary/aromatic N) is 2. The second-order valence-electron chi connectivity index (χ2n) is 7.57. The van der Waals surface area contributed by atoms with E-state index in [1.807, 2.05) is 36.1 Å². The van der Waals surface area contributed by atoms with E-state index in [9.17, 15) is 9.59 Å². The highest BCUT2D eigenvalue weighted by atomic mass is 16.5. The lowest BCUT2D eigenvalue weighted by Gasteiger charge is -2.40. The van der Waals surface area contributed by atoms with Crippen molar-refractivity contribution in [3.05, 3.63) is 24.3 Å². The number of methoxy groups -OCH3 is 1. The first-order valence-electron chi connectivity index (χ1n) is 10.3. The minimum atomic E-state index is -0.0970. The predicted octanol–water partition coefficient (Wildman–Crippen LogP) is 2.54. The molecule has 1 saturated heterocycles. The van der Waals surface area contributed by atoms with Crippen molar-refractivity contribution in [2.24, 2.45) is 5.92 Å². The number of rotatable bonds is 6. The average Bonchev–Trinajstić information content (AvgIpc) is 3.23. The number of amides is 3. The monoisotopic (exact) mass is 388 g/mol. The summed E-state index contributed by atoms with van der Waals surface area (Å²) >= 11 is 0. The number of hydrogen-bond acceptors (Lipinski definition) is 4. The minimum absolute atomic E-state index is 0.0609. The Bertz CT molecular complexity index is 650. The van der Waals surface area contributed by atoms with Crippen LogP contribution in [0.3, 0.4) is 0 Å². The number of urea groups is 1. The van der Waals surface area contributed by atoms with Crippen LogP contribution in [0.1, 0.15) is 32.6 Å². The normalized spacial score (nSPS) is 19.3. The Kier molecular flexibility index (Phi) is 7.14. The fourth-order valence-electron chi connectivity index (χ4n) is 4.31. The van der Waals surface area contributed by atoms with Crippen molar-refractivity contribution < 1.29 is 14.3 Å². The SMILES string of the molecule is CCNC(=O)[C@H](C1CCCC1)N1CCN(C(=O)Nc2ccc(OC)cc2)CC1. The van der Waals surface area contributed by atoms with Crippen LogP contribution in [0.15, 0.2) is 24.3 Å². The van der Waals surface area contributed by atoms with E-state index in [1.54, 1.807) is 7.11 Å². The van der Waals surface area contributed by atoms with Gasteiger partial charge in [0.2, 0.25) is 5.91 Å². The van der Waals surface area contributed by atoms with Gasteiger partial charge in [-0.2, -0.15) is 0 Å². The van der Waals surface area contributed by atoms with Crippen LogP contribution >= 0.6 is 0 Å². The van der Waals surface area contributed by atoms with Crippen molar-refractivity contribution in [1.29, 1.82) is 0 Å². The van der Waals surface area contributed by atoms with Crippen LogP contribution in [-0.4, -0.2) is 67.6 Å². The molecule has 2 aliphatic rings. The van der Waals surface area contributed by atoms with Crippen molar-refractivity contribution in [2.75, 3.05) is 45.2 Å².